The fraction of sp³-hybridized carbons (Fsp3) is 0.556. The Bertz CT molecular complexity index is 763. The van der Waals surface area contributed by atoms with E-state index in [0.717, 1.165) is 0 Å². The first-order chi connectivity index (χ1) is 12.2. The van der Waals surface area contributed by atoms with Crippen molar-refractivity contribution in [3.05, 3.63) is 21.8 Å². The molecular formula is C18H25ClN2O6. The molecule has 0 aromatic carbocycles. The van der Waals surface area contributed by atoms with Crippen LogP contribution in [0.1, 0.15) is 79.7 Å². The van der Waals surface area contributed by atoms with E-state index in [1.54, 1.807) is 48.5 Å². The van der Waals surface area contributed by atoms with Gasteiger partial charge in [0.25, 0.3) is 0 Å². The van der Waals surface area contributed by atoms with E-state index >= 15 is 0 Å². The fourth-order valence-electron chi connectivity index (χ4n) is 1.98. The van der Waals surface area contributed by atoms with Gasteiger partial charge in [0.15, 0.2) is 5.69 Å². The Hall–Kier alpha value is -2.35. The molecule has 0 radical (unpaired) electrons. The summed E-state index contributed by atoms with van der Waals surface area (Å²) in [6.45, 7) is 11.4. The van der Waals surface area contributed by atoms with Crippen molar-refractivity contribution in [1.82, 2.24) is 4.98 Å². The number of aromatic nitrogens is 1. The van der Waals surface area contributed by atoms with Crippen LogP contribution in [0.4, 0.5) is 5.82 Å². The SMILES string of the molecule is CCOC(=O)c1c(C(=O)OC(C)(C)C)nc(N)c(Cl)c1C(=O)OC(C)(C)C. The van der Waals surface area contributed by atoms with Crippen molar-refractivity contribution in [2.45, 2.75) is 59.7 Å². The number of ether oxygens (including phenoxy) is 3. The molecule has 0 atom stereocenters. The quantitative estimate of drug-likeness (QED) is 0.603. The molecule has 8 nitrogen and oxygen atoms in total. The second-order valence-electron chi connectivity index (χ2n) is 7.63. The number of nitrogens with two attached hydrogens (primary N) is 1. The average Bonchev–Trinajstić information content (AvgIpc) is 2.45. The van der Waals surface area contributed by atoms with E-state index in [1.165, 1.54) is 0 Å². The van der Waals surface area contributed by atoms with Crippen LogP contribution in [0.15, 0.2) is 0 Å². The van der Waals surface area contributed by atoms with E-state index in [-0.39, 0.29) is 17.4 Å². The number of hydrogen-bond acceptors (Lipinski definition) is 8. The lowest BCUT2D eigenvalue weighted by atomic mass is 10.0. The van der Waals surface area contributed by atoms with Crippen LogP contribution in [0.3, 0.4) is 0 Å². The maximum Gasteiger partial charge on any atom is 0.358 e. The van der Waals surface area contributed by atoms with Gasteiger partial charge in [0.05, 0.1) is 17.2 Å². The number of esters is 3. The minimum atomic E-state index is -0.964. The summed E-state index contributed by atoms with van der Waals surface area (Å²) in [5.74, 6) is -3.16. The van der Waals surface area contributed by atoms with Gasteiger partial charge < -0.3 is 19.9 Å². The number of halogens is 1. The second kappa shape index (κ2) is 8.12. The fourth-order valence-corrected chi connectivity index (χ4v) is 2.19. The number of hydrogen-bond donors (Lipinski definition) is 1. The summed E-state index contributed by atoms with van der Waals surface area (Å²) in [6, 6.07) is 0. The number of carbonyl (C=O) groups is 3. The molecule has 1 rings (SSSR count). The number of carbonyl (C=O) groups excluding carboxylic acids is 3. The summed E-state index contributed by atoms with van der Waals surface area (Å²) < 4.78 is 15.5. The van der Waals surface area contributed by atoms with Crippen LogP contribution in [0.5, 0.6) is 0 Å². The van der Waals surface area contributed by atoms with Gasteiger partial charge in [-0.25, -0.2) is 19.4 Å². The highest BCUT2D eigenvalue weighted by molar-refractivity contribution is 6.37. The summed E-state index contributed by atoms with van der Waals surface area (Å²) >= 11 is 6.13. The van der Waals surface area contributed by atoms with Gasteiger partial charge in [-0.1, -0.05) is 11.6 Å². The van der Waals surface area contributed by atoms with Crippen molar-refractivity contribution in [2.24, 2.45) is 0 Å². The molecule has 0 saturated carbocycles. The molecule has 0 saturated heterocycles. The molecule has 1 aromatic heterocycles. The van der Waals surface area contributed by atoms with E-state index in [2.05, 4.69) is 4.98 Å². The van der Waals surface area contributed by atoms with Gasteiger partial charge in [-0.05, 0) is 48.5 Å². The lowest BCUT2D eigenvalue weighted by Gasteiger charge is -2.23. The summed E-state index contributed by atoms with van der Waals surface area (Å²) in [5, 5.41) is -0.306. The van der Waals surface area contributed by atoms with Gasteiger partial charge in [0, 0.05) is 0 Å². The van der Waals surface area contributed by atoms with Gasteiger partial charge in [-0.15, -0.1) is 0 Å². The number of anilines is 1. The molecule has 0 aliphatic rings. The van der Waals surface area contributed by atoms with Crippen molar-refractivity contribution in [3.63, 3.8) is 0 Å². The molecule has 1 heterocycles. The van der Waals surface area contributed by atoms with Crippen LogP contribution in [-0.2, 0) is 14.2 Å². The average molecular weight is 401 g/mol. The maximum atomic E-state index is 12.7. The smallest absolute Gasteiger partial charge is 0.358 e. The third kappa shape index (κ3) is 6.09. The van der Waals surface area contributed by atoms with Crippen molar-refractivity contribution in [1.29, 1.82) is 0 Å². The Morgan fingerprint density at radius 2 is 1.41 bits per heavy atom. The number of nitrogen functional groups attached to an aromatic ring is 1. The Balaban J connectivity index is 3.71. The van der Waals surface area contributed by atoms with Crippen molar-refractivity contribution < 1.29 is 28.6 Å². The van der Waals surface area contributed by atoms with E-state index < -0.39 is 45.9 Å². The molecule has 0 aliphatic carbocycles. The summed E-state index contributed by atoms with van der Waals surface area (Å²) in [4.78, 5) is 41.6. The first-order valence-corrected chi connectivity index (χ1v) is 8.68. The molecule has 9 heteroatoms. The molecule has 0 unspecified atom stereocenters. The topological polar surface area (TPSA) is 118 Å². The lowest BCUT2D eigenvalue weighted by Crippen LogP contribution is -2.30. The number of pyridine rings is 1. The largest absolute Gasteiger partial charge is 0.462 e. The Labute approximate surface area is 163 Å². The van der Waals surface area contributed by atoms with Gasteiger partial charge in [0.1, 0.15) is 22.6 Å². The van der Waals surface area contributed by atoms with Gasteiger partial charge >= 0.3 is 17.9 Å². The molecule has 0 fully saturated rings. The molecule has 0 amide bonds. The molecule has 0 bridgehead atoms. The second-order valence-corrected chi connectivity index (χ2v) is 8.01. The molecule has 1 aromatic rings. The van der Waals surface area contributed by atoms with Crippen LogP contribution in [-0.4, -0.2) is 40.7 Å². The molecule has 2 N–H and O–H groups in total. The minimum Gasteiger partial charge on any atom is -0.462 e. The van der Waals surface area contributed by atoms with E-state index in [1.807, 2.05) is 0 Å². The highest BCUT2D eigenvalue weighted by Gasteiger charge is 2.35. The first-order valence-electron chi connectivity index (χ1n) is 8.30. The molecule has 0 aliphatic heterocycles. The van der Waals surface area contributed by atoms with Crippen LogP contribution in [0, 0.1) is 0 Å². The van der Waals surface area contributed by atoms with Crippen LogP contribution < -0.4 is 5.73 Å². The van der Waals surface area contributed by atoms with Gasteiger partial charge in [-0.2, -0.15) is 0 Å². The predicted molar refractivity (Wildman–Crippen MR) is 100.0 cm³/mol. The zero-order valence-electron chi connectivity index (χ0n) is 16.6. The third-order valence-electron chi connectivity index (χ3n) is 2.84. The number of nitrogens with zero attached hydrogens (tertiary/aromatic N) is 1. The molecule has 0 spiro atoms. The van der Waals surface area contributed by atoms with Crippen molar-refractivity contribution >= 4 is 35.3 Å². The Kier molecular flexibility index (Phi) is 6.83. The number of rotatable bonds is 4. The highest BCUT2D eigenvalue weighted by atomic mass is 35.5. The molecular weight excluding hydrogens is 376 g/mol. The van der Waals surface area contributed by atoms with E-state index in [9.17, 15) is 14.4 Å². The van der Waals surface area contributed by atoms with Gasteiger partial charge in [0.2, 0.25) is 0 Å². The van der Waals surface area contributed by atoms with Crippen LogP contribution in [0.2, 0.25) is 5.02 Å². The minimum absolute atomic E-state index is 0.00233. The van der Waals surface area contributed by atoms with Crippen molar-refractivity contribution in [3.8, 4) is 0 Å². The van der Waals surface area contributed by atoms with E-state index in [0.29, 0.717) is 0 Å². The normalized spacial score (nSPS) is 11.7. The first kappa shape index (κ1) is 22.7. The van der Waals surface area contributed by atoms with Crippen LogP contribution in [0.25, 0.3) is 0 Å². The Morgan fingerprint density at radius 3 is 1.85 bits per heavy atom. The monoisotopic (exact) mass is 400 g/mol. The summed E-state index contributed by atoms with van der Waals surface area (Å²) in [6.07, 6.45) is 0. The zero-order chi connectivity index (χ0) is 21.2. The summed E-state index contributed by atoms with van der Waals surface area (Å²) in [5.41, 5.74) is 2.71. The van der Waals surface area contributed by atoms with Crippen molar-refractivity contribution in [2.75, 3.05) is 12.3 Å². The van der Waals surface area contributed by atoms with E-state index in [4.69, 9.17) is 31.5 Å². The highest BCUT2D eigenvalue weighted by Crippen LogP contribution is 2.31. The third-order valence-corrected chi connectivity index (χ3v) is 3.22. The maximum absolute atomic E-state index is 12.7. The molecule has 150 valence electrons. The lowest BCUT2D eigenvalue weighted by molar-refractivity contribution is 0.00555. The molecule has 27 heavy (non-hydrogen) atoms. The zero-order valence-corrected chi connectivity index (χ0v) is 17.3. The Morgan fingerprint density at radius 1 is 0.926 bits per heavy atom. The summed E-state index contributed by atoms with van der Waals surface area (Å²) in [7, 11) is 0. The standard InChI is InChI=1S/C18H25ClN2O6/c1-8-25-14(22)10-9(15(23)26-17(2,3)4)11(19)13(20)21-12(10)16(24)27-18(5,6)7/h8H2,1-7H3,(H2,20,21). The predicted octanol–water partition coefficient (Wildman–Crippen LogP) is 3.40. The van der Waals surface area contributed by atoms with Crippen LogP contribution >= 0.6 is 11.6 Å². The van der Waals surface area contributed by atoms with Gasteiger partial charge in [-0.3, -0.25) is 0 Å².